The lowest BCUT2D eigenvalue weighted by Crippen LogP contribution is -2.44. The number of hydrogen-bond donors (Lipinski definition) is 0. The van der Waals surface area contributed by atoms with Gasteiger partial charge >= 0.3 is 17.9 Å². The number of hydrogen-bond acceptors (Lipinski definition) is 5. The monoisotopic (exact) mass is 382 g/mol. The molecule has 0 saturated carbocycles. The van der Waals surface area contributed by atoms with Gasteiger partial charge < -0.3 is 9.47 Å². The van der Waals surface area contributed by atoms with Crippen LogP contribution in [0.2, 0.25) is 0 Å². The molecule has 1 saturated heterocycles. The first kappa shape index (κ1) is 23.6. The average molecular weight is 383 g/mol. The maximum absolute atomic E-state index is 11.6. The number of carbonyl (C=O) groups excluding carboxylic acids is 3. The van der Waals surface area contributed by atoms with Gasteiger partial charge in [-0.2, -0.15) is 0 Å². The van der Waals surface area contributed by atoms with Crippen LogP contribution < -0.4 is 0 Å². The fourth-order valence-corrected chi connectivity index (χ4v) is 3.86. The summed E-state index contributed by atoms with van der Waals surface area (Å²) in [6.45, 7) is 3.56. The van der Waals surface area contributed by atoms with Crippen molar-refractivity contribution in [2.75, 3.05) is 0 Å². The third-order valence-electron chi connectivity index (χ3n) is 5.26. The molecule has 156 valence electrons. The third kappa shape index (κ3) is 11.1. The minimum Gasteiger partial charge on any atom is -0.458 e. The fraction of sp³-hybridized carbons (Fsp3) is 0.864. The van der Waals surface area contributed by atoms with Crippen molar-refractivity contribution >= 4 is 17.9 Å². The highest BCUT2D eigenvalue weighted by molar-refractivity contribution is 5.90. The van der Waals surface area contributed by atoms with Gasteiger partial charge in [0, 0.05) is 6.92 Å². The van der Waals surface area contributed by atoms with Crippen molar-refractivity contribution in [3.8, 4) is 0 Å². The van der Waals surface area contributed by atoms with Gasteiger partial charge in [-0.1, -0.05) is 84.0 Å². The largest absolute Gasteiger partial charge is 0.458 e. The fourth-order valence-electron chi connectivity index (χ4n) is 3.86. The van der Waals surface area contributed by atoms with Crippen LogP contribution in [0.25, 0.3) is 0 Å². The first-order valence-corrected chi connectivity index (χ1v) is 10.9. The van der Waals surface area contributed by atoms with Crippen molar-refractivity contribution in [3.63, 3.8) is 0 Å². The smallest absolute Gasteiger partial charge is 0.317 e. The molecule has 0 bridgehead atoms. The first-order chi connectivity index (χ1) is 13.0. The van der Waals surface area contributed by atoms with E-state index in [1.807, 2.05) is 0 Å². The maximum atomic E-state index is 11.6. The summed E-state index contributed by atoms with van der Waals surface area (Å²) in [6.07, 6.45) is 16.9. The van der Waals surface area contributed by atoms with E-state index in [2.05, 4.69) is 11.7 Å². The Hall–Kier alpha value is -1.39. The second kappa shape index (κ2) is 13.7. The summed E-state index contributed by atoms with van der Waals surface area (Å²) in [7, 11) is 0. The number of ether oxygens (including phenoxy) is 2. The molecule has 1 fully saturated rings. The van der Waals surface area contributed by atoms with Crippen LogP contribution >= 0.6 is 0 Å². The molecular formula is C22H38O5. The molecule has 5 heteroatoms. The standard InChI is InChI=1S/C22H38O5/c1-3-4-5-6-7-8-9-10-11-12-13-14-15-16-22(27-19(2)23)17-20(24)26-21(25)18-22/h3-18H2,1-2H3. The van der Waals surface area contributed by atoms with Crippen LogP contribution in [0.3, 0.4) is 0 Å². The van der Waals surface area contributed by atoms with Crippen molar-refractivity contribution in [3.05, 3.63) is 0 Å². The molecular weight excluding hydrogens is 344 g/mol. The van der Waals surface area contributed by atoms with Crippen LogP contribution in [0, 0.1) is 0 Å². The van der Waals surface area contributed by atoms with Gasteiger partial charge in [0.05, 0.1) is 12.8 Å². The average Bonchev–Trinajstić information content (AvgIpc) is 2.57. The lowest BCUT2D eigenvalue weighted by atomic mass is 9.87. The Balaban J connectivity index is 2.09. The molecule has 5 nitrogen and oxygen atoms in total. The highest BCUT2D eigenvalue weighted by Crippen LogP contribution is 2.32. The molecule has 1 rings (SSSR count). The van der Waals surface area contributed by atoms with E-state index in [4.69, 9.17) is 4.74 Å². The zero-order valence-corrected chi connectivity index (χ0v) is 17.4. The highest BCUT2D eigenvalue weighted by Gasteiger charge is 2.43. The Morgan fingerprint density at radius 3 is 1.63 bits per heavy atom. The molecule has 0 aromatic carbocycles. The zero-order chi connectivity index (χ0) is 20.0. The molecule has 0 radical (unpaired) electrons. The topological polar surface area (TPSA) is 69.7 Å². The molecule has 0 spiro atoms. The molecule has 0 unspecified atom stereocenters. The van der Waals surface area contributed by atoms with Crippen molar-refractivity contribution in [2.24, 2.45) is 0 Å². The van der Waals surface area contributed by atoms with Gasteiger partial charge in [-0.15, -0.1) is 0 Å². The summed E-state index contributed by atoms with van der Waals surface area (Å²) in [5, 5.41) is 0. The van der Waals surface area contributed by atoms with Gasteiger partial charge in [0.1, 0.15) is 5.60 Å². The van der Waals surface area contributed by atoms with Gasteiger partial charge in [-0.3, -0.25) is 14.4 Å². The maximum Gasteiger partial charge on any atom is 0.317 e. The molecule has 1 aliphatic heterocycles. The number of rotatable bonds is 15. The van der Waals surface area contributed by atoms with Crippen LogP contribution in [0.15, 0.2) is 0 Å². The Morgan fingerprint density at radius 2 is 1.22 bits per heavy atom. The third-order valence-corrected chi connectivity index (χ3v) is 5.26. The van der Waals surface area contributed by atoms with Crippen LogP contribution in [-0.2, 0) is 23.9 Å². The SMILES string of the molecule is CCCCCCCCCCCCCCCC1(OC(C)=O)CC(=O)OC(=O)C1. The van der Waals surface area contributed by atoms with Crippen LogP contribution in [0.4, 0.5) is 0 Å². The van der Waals surface area contributed by atoms with Gasteiger partial charge in [-0.25, -0.2) is 0 Å². The summed E-state index contributed by atoms with van der Waals surface area (Å²) >= 11 is 0. The van der Waals surface area contributed by atoms with E-state index in [9.17, 15) is 14.4 Å². The molecule has 1 aliphatic rings. The van der Waals surface area contributed by atoms with Gasteiger partial charge in [-0.05, 0) is 12.8 Å². The molecule has 0 aliphatic carbocycles. The van der Waals surface area contributed by atoms with Crippen LogP contribution in [-0.4, -0.2) is 23.5 Å². The Kier molecular flexibility index (Phi) is 12.0. The van der Waals surface area contributed by atoms with Crippen LogP contribution in [0.1, 0.15) is 117 Å². The predicted octanol–water partition coefficient (Wildman–Crippen LogP) is 5.63. The summed E-state index contributed by atoms with van der Waals surface area (Å²) in [6, 6.07) is 0. The lowest BCUT2D eigenvalue weighted by molar-refractivity contribution is -0.184. The predicted molar refractivity (Wildman–Crippen MR) is 105 cm³/mol. The van der Waals surface area contributed by atoms with Crippen molar-refractivity contribution in [1.29, 1.82) is 0 Å². The molecule has 0 amide bonds. The Bertz CT molecular complexity index is 436. The highest BCUT2D eigenvalue weighted by atomic mass is 16.6. The van der Waals surface area contributed by atoms with Crippen LogP contribution in [0.5, 0.6) is 0 Å². The van der Waals surface area contributed by atoms with Crippen molar-refractivity contribution in [1.82, 2.24) is 0 Å². The molecule has 0 atom stereocenters. The number of carbonyl (C=O) groups is 3. The molecule has 0 N–H and O–H groups in total. The Morgan fingerprint density at radius 1 is 0.815 bits per heavy atom. The minimum atomic E-state index is -0.990. The summed E-state index contributed by atoms with van der Waals surface area (Å²) < 4.78 is 9.94. The van der Waals surface area contributed by atoms with E-state index >= 15 is 0 Å². The van der Waals surface area contributed by atoms with Crippen molar-refractivity contribution < 1.29 is 23.9 Å². The van der Waals surface area contributed by atoms with E-state index in [1.165, 1.54) is 71.1 Å². The normalized spacial score (nSPS) is 16.2. The van der Waals surface area contributed by atoms with Gasteiger partial charge in [0.2, 0.25) is 0 Å². The summed E-state index contributed by atoms with van der Waals surface area (Å²) in [4.78, 5) is 34.5. The second-order valence-electron chi connectivity index (χ2n) is 7.97. The summed E-state index contributed by atoms with van der Waals surface area (Å²) in [5.41, 5.74) is -0.990. The second-order valence-corrected chi connectivity index (χ2v) is 7.97. The lowest BCUT2D eigenvalue weighted by Gasteiger charge is -2.34. The minimum absolute atomic E-state index is 0.0173. The number of esters is 3. The molecule has 1 heterocycles. The van der Waals surface area contributed by atoms with Gasteiger partial charge in [0.15, 0.2) is 0 Å². The number of cyclic esters (lactones) is 2. The summed E-state index contributed by atoms with van der Waals surface area (Å²) in [5.74, 6) is -1.64. The van der Waals surface area contributed by atoms with E-state index in [0.717, 1.165) is 19.3 Å². The molecule has 0 aromatic rings. The Labute approximate surface area is 164 Å². The first-order valence-electron chi connectivity index (χ1n) is 10.9. The van der Waals surface area contributed by atoms with Crippen molar-refractivity contribution in [2.45, 2.75) is 122 Å². The quantitative estimate of drug-likeness (QED) is 0.208. The zero-order valence-electron chi connectivity index (χ0n) is 17.4. The van der Waals surface area contributed by atoms with E-state index in [0.29, 0.717) is 6.42 Å². The number of unbranched alkanes of at least 4 members (excludes halogenated alkanes) is 12. The van der Waals surface area contributed by atoms with E-state index in [-0.39, 0.29) is 12.8 Å². The molecule has 0 aromatic heterocycles. The molecule has 27 heavy (non-hydrogen) atoms. The van der Waals surface area contributed by atoms with E-state index < -0.39 is 23.5 Å². The van der Waals surface area contributed by atoms with Gasteiger partial charge in [0.25, 0.3) is 0 Å². The van der Waals surface area contributed by atoms with E-state index in [1.54, 1.807) is 0 Å².